The van der Waals surface area contributed by atoms with Crippen LogP contribution in [0.1, 0.15) is 59.1 Å². The highest BCUT2D eigenvalue weighted by Gasteiger charge is 2.28. The zero-order valence-electron chi connectivity index (χ0n) is 10.1. The van der Waals surface area contributed by atoms with Crippen LogP contribution in [0.2, 0.25) is 0 Å². The van der Waals surface area contributed by atoms with Crippen molar-refractivity contribution in [1.82, 2.24) is 0 Å². The lowest BCUT2D eigenvalue weighted by atomic mass is 9.81. The Balaban J connectivity index is 2.03. The highest BCUT2D eigenvalue weighted by atomic mass is 14.3. The van der Waals surface area contributed by atoms with Crippen molar-refractivity contribution in [3.8, 4) is 0 Å². The van der Waals surface area contributed by atoms with E-state index in [9.17, 15) is 0 Å². The molecule has 0 radical (unpaired) electrons. The maximum atomic E-state index is 1.82. The van der Waals surface area contributed by atoms with Crippen molar-refractivity contribution >= 4 is 0 Å². The van der Waals surface area contributed by atoms with Crippen LogP contribution in [0.15, 0.2) is 0 Å². The van der Waals surface area contributed by atoms with E-state index in [2.05, 4.69) is 0 Å². The Kier molecular flexibility index (Phi) is 1.94. The first-order valence-electron chi connectivity index (χ1n) is 7.12. The number of benzene rings is 1. The van der Waals surface area contributed by atoms with Crippen LogP contribution in [0.5, 0.6) is 0 Å². The monoisotopic (exact) mass is 212 g/mol. The van der Waals surface area contributed by atoms with E-state index in [4.69, 9.17) is 0 Å². The van der Waals surface area contributed by atoms with Gasteiger partial charge in [-0.3, -0.25) is 0 Å². The van der Waals surface area contributed by atoms with Gasteiger partial charge in [0.1, 0.15) is 0 Å². The molecule has 3 aliphatic rings. The molecule has 0 heteroatoms. The van der Waals surface area contributed by atoms with Crippen LogP contribution in [0.4, 0.5) is 0 Å². The normalized spacial score (nSPS) is 21.8. The fraction of sp³-hybridized carbons (Fsp3) is 0.625. The average molecular weight is 212 g/mol. The fourth-order valence-corrected chi connectivity index (χ4v) is 4.39. The van der Waals surface area contributed by atoms with E-state index >= 15 is 0 Å². The number of hydrogen-bond donors (Lipinski definition) is 0. The Morgan fingerprint density at radius 2 is 0.562 bits per heavy atom. The molecule has 0 nitrogen and oxygen atoms in total. The minimum Gasteiger partial charge on any atom is -0.0489 e. The summed E-state index contributed by atoms with van der Waals surface area (Å²) in [5.41, 5.74) is 10.9. The van der Waals surface area contributed by atoms with Gasteiger partial charge in [0.25, 0.3) is 0 Å². The molecule has 0 N–H and O–H groups in total. The topological polar surface area (TPSA) is 0 Å². The SMILES string of the molecule is C1CCc2c(c3c(c4c2CCC4)CCC3)C1. The van der Waals surface area contributed by atoms with E-state index in [1.54, 1.807) is 0 Å². The van der Waals surface area contributed by atoms with Crippen LogP contribution in [0, 0.1) is 0 Å². The van der Waals surface area contributed by atoms with Crippen LogP contribution in [0.25, 0.3) is 0 Å². The van der Waals surface area contributed by atoms with Crippen LogP contribution in [0.3, 0.4) is 0 Å². The summed E-state index contributed by atoms with van der Waals surface area (Å²) in [4.78, 5) is 0. The van der Waals surface area contributed by atoms with Crippen molar-refractivity contribution in [2.75, 3.05) is 0 Å². The molecular formula is C16H20. The summed E-state index contributed by atoms with van der Waals surface area (Å²) in [5.74, 6) is 0. The van der Waals surface area contributed by atoms with Gasteiger partial charge in [0.15, 0.2) is 0 Å². The van der Waals surface area contributed by atoms with Gasteiger partial charge in [-0.15, -0.1) is 0 Å². The number of rotatable bonds is 0. The van der Waals surface area contributed by atoms with Gasteiger partial charge in [-0.2, -0.15) is 0 Å². The molecule has 0 saturated carbocycles. The Labute approximate surface area is 98.1 Å². The number of hydrogen-bond acceptors (Lipinski definition) is 0. The second-order valence-corrected chi connectivity index (χ2v) is 5.79. The first kappa shape index (κ1) is 9.27. The van der Waals surface area contributed by atoms with Crippen molar-refractivity contribution in [2.24, 2.45) is 0 Å². The lowest BCUT2D eigenvalue weighted by molar-refractivity contribution is 0.673. The molecule has 16 heavy (non-hydrogen) atoms. The first-order valence-corrected chi connectivity index (χ1v) is 7.12. The van der Waals surface area contributed by atoms with E-state index in [1.807, 2.05) is 33.4 Å². The minimum absolute atomic E-state index is 1.39. The van der Waals surface area contributed by atoms with Gasteiger partial charge in [0.05, 0.1) is 0 Å². The van der Waals surface area contributed by atoms with Gasteiger partial charge in [-0.05, 0) is 97.6 Å². The van der Waals surface area contributed by atoms with Gasteiger partial charge in [-0.1, -0.05) is 0 Å². The predicted molar refractivity (Wildman–Crippen MR) is 67.1 cm³/mol. The van der Waals surface area contributed by atoms with Crippen molar-refractivity contribution < 1.29 is 0 Å². The van der Waals surface area contributed by atoms with Gasteiger partial charge >= 0.3 is 0 Å². The summed E-state index contributed by atoms with van der Waals surface area (Å²) in [6.45, 7) is 0. The Morgan fingerprint density at radius 3 is 0.875 bits per heavy atom. The van der Waals surface area contributed by atoms with Crippen molar-refractivity contribution in [2.45, 2.75) is 64.2 Å². The molecule has 0 unspecified atom stereocenters. The molecule has 1 aromatic carbocycles. The molecule has 0 spiro atoms. The average Bonchev–Trinajstić information content (AvgIpc) is 2.98. The smallest absolute Gasteiger partial charge is 0.0270 e. The summed E-state index contributed by atoms with van der Waals surface area (Å²) in [7, 11) is 0. The molecule has 1 aromatic rings. The lowest BCUT2D eigenvalue weighted by Crippen LogP contribution is -2.11. The minimum atomic E-state index is 1.39. The van der Waals surface area contributed by atoms with Crippen LogP contribution >= 0.6 is 0 Å². The van der Waals surface area contributed by atoms with E-state index < -0.39 is 0 Å². The summed E-state index contributed by atoms with van der Waals surface area (Å²) in [6, 6.07) is 0. The van der Waals surface area contributed by atoms with Crippen molar-refractivity contribution in [1.29, 1.82) is 0 Å². The van der Waals surface area contributed by atoms with Crippen LogP contribution in [-0.2, 0) is 38.5 Å². The molecule has 0 aliphatic heterocycles. The van der Waals surface area contributed by atoms with E-state index in [0.29, 0.717) is 0 Å². The molecule has 0 saturated heterocycles. The van der Waals surface area contributed by atoms with Gasteiger partial charge in [0.2, 0.25) is 0 Å². The highest BCUT2D eigenvalue weighted by Crippen LogP contribution is 2.41. The molecule has 3 aliphatic carbocycles. The maximum absolute atomic E-state index is 1.82. The third kappa shape index (κ3) is 1.11. The summed E-state index contributed by atoms with van der Waals surface area (Å²) >= 11 is 0. The lowest BCUT2D eigenvalue weighted by Gasteiger charge is -2.24. The summed E-state index contributed by atoms with van der Waals surface area (Å²) in [6.07, 6.45) is 14.1. The molecule has 4 rings (SSSR count). The maximum Gasteiger partial charge on any atom is -0.0270 e. The largest absolute Gasteiger partial charge is 0.0489 e. The van der Waals surface area contributed by atoms with E-state index in [1.165, 1.54) is 64.2 Å². The Morgan fingerprint density at radius 1 is 0.312 bits per heavy atom. The molecular weight excluding hydrogens is 192 g/mol. The summed E-state index contributed by atoms with van der Waals surface area (Å²) in [5, 5.41) is 0. The Hall–Kier alpha value is -0.780. The third-order valence-corrected chi connectivity index (χ3v) is 5.00. The Bertz CT molecular complexity index is 411. The number of fused-ring (bicyclic) bond motifs is 6. The second kappa shape index (κ2) is 3.35. The summed E-state index contributed by atoms with van der Waals surface area (Å²) < 4.78 is 0. The zero-order valence-corrected chi connectivity index (χ0v) is 10.1. The quantitative estimate of drug-likeness (QED) is 0.617. The third-order valence-electron chi connectivity index (χ3n) is 5.00. The van der Waals surface area contributed by atoms with Gasteiger partial charge < -0.3 is 0 Å². The molecule has 0 fully saturated rings. The molecule has 0 aromatic heterocycles. The van der Waals surface area contributed by atoms with Crippen LogP contribution < -0.4 is 0 Å². The van der Waals surface area contributed by atoms with E-state index in [0.717, 1.165) is 0 Å². The van der Waals surface area contributed by atoms with Gasteiger partial charge in [-0.25, -0.2) is 0 Å². The zero-order chi connectivity index (χ0) is 10.5. The van der Waals surface area contributed by atoms with Gasteiger partial charge in [0, 0.05) is 0 Å². The van der Waals surface area contributed by atoms with Crippen LogP contribution in [-0.4, -0.2) is 0 Å². The second-order valence-electron chi connectivity index (χ2n) is 5.79. The fourth-order valence-electron chi connectivity index (χ4n) is 4.39. The van der Waals surface area contributed by atoms with Crippen molar-refractivity contribution in [3.63, 3.8) is 0 Å². The molecule has 0 heterocycles. The molecule has 0 bridgehead atoms. The van der Waals surface area contributed by atoms with E-state index in [-0.39, 0.29) is 0 Å². The molecule has 84 valence electrons. The molecule has 0 atom stereocenters. The predicted octanol–water partition coefficient (Wildman–Crippen LogP) is 3.54. The molecule has 0 amide bonds. The highest BCUT2D eigenvalue weighted by molar-refractivity contribution is 5.56. The van der Waals surface area contributed by atoms with Crippen molar-refractivity contribution in [3.05, 3.63) is 33.4 Å². The standard InChI is InChI=1S/C16H20/c1-2-6-12-11(5-1)13-7-3-9-15(13)16-10-4-8-14(12)16/h1-10H2. The first-order chi connectivity index (χ1) is 7.95.